The van der Waals surface area contributed by atoms with Gasteiger partial charge in [0.2, 0.25) is 15.9 Å². The van der Waals surface area contributed by atoms with Crippen molar-refractivity contribution in [2.24, 2.45) is 5.73 Å². The van der Waals surface area contributed by atoms with Crippen LogP contribution in [0.4, 0.5) is 0 Å². The van der Waals surface area contributed by atoms with Crippen molar-refractivity contribution in [3.63, 3.8) is 0 Å². The Morgan fingerprint density at radius 3 is 2.42 bits per heavy atom. The van der Waals surface area contributed by atoms with Crippen LogP contribution < -0.4 is 5.73 Å². The zero-order valence-electron chi connectivity index (χ0n) is 10.3. The molecule has 104 valence electrons. The topological polar surface area (TPSA) is 80.5 Å². The Kier molecular flexibility index (Phi) is 4.13. The molecule has 1 heterocycles. The second-order valence-corrected chi connectivity index (χ2v) is 6.82. The Morgan fingerprint density at radius 2 is 1.84 bits per heavy atom. The zero-order valence-corrected chi connectivity index (χ0v) is 11.9. The van der Waals surface area contributed by atoms with Crippen molar-refractivity contribution < 1.29 is 13.2 Å². The molecule has 1 amide bonds. The Labute approximate surface area is 117 Å². The summed E-state index contributed by atoms with van der Waals surface area (Å²) in [7, 11) is -3.57. The highest BCUT2D eigenvalue weighted by atomic mass is 35.5. The first-order chi connectivity index (χ1) is 8.93. The number of nitrogens with zero attached hydrogens (tertiary/aromatic N) is 1. The molecule has 0 atom stereocenters. The van der Waals surface area contributed by atoms with Gasteiger partial charge in [-0.1, -0.05) is 18.0 Å². The maximum Gasteiger partial charge on any atom is 0.250 e. The largest absolute Gasteiger partial charge is 0.366 e. The van der Waals surface area contributed by atoms with Gasteiger partial charge in [0.1, 0.15) is 0 Å². The fourth-order valence-electron chi connectivity index (χ4n) is 2.11. The first-order valence-electron chi connectivity index (χ1n) is 6.02. The second-order valence-electron chi connectivity index (χ2n) is 4.47. The van der Waals surface area contributed by atoms with Gasteiger partial charge in [0.25, 0.3) is 0 Å². The lowest BCUT2D eigenvalue weighted by atomic mass is 10.2. The van der Waals surface area contributed by atoms with E-state index in [1.165, 1.54) is 22.5 Å². The molecule has 1 saturated heterocycles. The number of hydrogen-bond acceptors (Lipinski definition) is 3. The van der Waals surface area contributed by atoms with Crippen molar-refractivity contribution >= 4 is 27.5 Å². The van der Waals surface area contributed by atoms with Gasteiger partial charge in [-0.3, -0.25) is 4.79 Å². The standard InChI is InChI=1S/C12H15ClN2O3S/c13-11-5-4-9(8-10(11)12(14)16)19(17,18)15-6-2-1-3-7-15/h4-5,8H,1-3,6-7H2,(H2,14,16). The van der Waals surface area contributed by atoms with E-state index in [-0.39, 0.29) is 15.5 Å². The van der Waals surface area contributed by atoms with E-state index in [1.807, 2.05) is 0 Å². The molecule has 1 aliphatic rings. The Bertz CT molecular complexity index is 595. The number of piperidine rings is 1. The molecule has 1 aliphatic heterocycles. The molecule has 1 aromatic rings. The second kappa shape index (κ2) is 5.48. The van der Waals surface area contributed by atoms with Crippen LogP contribution in [0.2, 0.25) is 5.02 Å². The lowest BCUT2D eigenvalue weighted by molar-refractivity contribution is 0.1000. The molecule has 19 heavy (non-hydrogen) atoms. The number of carbonyl (C=O) groups is 1. The first kappa shape index (κ1) is 14.3. The SMILES string of the molecule is NC(=O)c1cc(S(=O)(=O)N2CCCCC2)ccc1Cl. The third-order valence-corrected chi connectivity index (χ3v) is 5.38. The highest BCUT2D eigenvalue weighted by Gasteiger charge is 2.26. The molecule has 0 aliphatic carbocycles. The van der Waals surface area contributed by atoms with E-state index in [0.29, 0.717) is 13.1 Å². The number of nitrogens with two attached hydrogens (primary N) is 1. The van der Waals surface area contributed by atoms with Gasteiger partial charge in [-0.05, 0) is 31.0 Å². The maximum atomic E-state index is 12.4. The number of carbonyl (C=O) groups excluding carboxylic acids is 1. The van der Waals surface area contributed by atoms with Gasteiger partial charge < -0.3 is 5.73 Å². The molecule has 0 saturated carbocycles. The van der Waals surface area contributed by atoms with Crippen LogP contribution in [0.15, 0.2) is 23.1 Å². The van der Waals surface area contributed by atoms with Gasteiger partial charge in [-0.15, -0.1) is 0 Å². The third kappa shape index (κ3) is 2.91. The highest BCUT2D eigenvalue weighted by molar-refractivity contribution is 7.89. The number of halogens is 1. The van der Waals surface area contributed by atoms with Crippen LogP contribution in [0.25, 0.3) is 0 Å². The van der Waals surface area contributed by atoms with E-state index in [4.69, 9.17) is 17.3 Å². The molecular weight excluding hydrogens is 288 g/mol. The van der Waals surface area contributed by atoms with E-state index in [9.17, 15) is 13.2 Å². The van der Waals surface area contributed by atoms with Crippen LogP contribution in [-0.4, -0.2) is 31.7 Å². The molecule has 0 aromatic heterocycles. The molecule has 0 unspecified atom stereocenters. The summed E-state index contributed by atoms with van der Waals surface area (Å²) in [6.07, 6.45) is 2.75. The fraction of sp³-hybridized carbons (Fsp3) is 0.417. The zero-order chi connectivity index (χ0) is 14.0. The van der Waals surface area contributed by atoms with Crippen molar-refractivity contribution in [1.29, 1.82) is 0 Å². The minimum Gasteiger partial charge on any atom is -0.366 e. The first-order valence-corrected chi connectivity index (χ1v) is 7.84. The van der Waals surface area contributed by atoms with Crippen molar-refractivity contribution in [3.8, 4) is 0 Å². The molecule has 2 N–H and O–H groups in total. The summed E-state index contributed by atoms with van der Waals surface area (Å²) in [5.41, 5.74) is 5.20. The van der Waals surface area contributed by atoms with Crippen LogP contribution in [0.3, 0.4) is 0 Å². The molecule has 0 spiro atoms. The average Bonchev–Trinajstić information content (AvgIpc) is 2.39. The summed E-state index contributed by atoms with van der Waals surface area (Å²) in [5.74, 6) is -0.735. The number of hydrogen-bond donors (Lipinski definition) is 1. The van der Waals surface area contributed by atoms with Crippen molar-refractivity contribution in [2.45, 2.75) is 24.2 Å². The van der Waals surface area contributed by atoms with Crippen LogP contribution in [0, 0.1) is 0 Å². The predicted octanol–water partition coefficient (Wildman–Crippen LogP) is 1.61. The summed E-state index contributed by atoms with van der Waals surface area (Å²) in [4.78, 5) is 11.3. The number of rotatable bonds is 3. The minimum atomic E-state index is -3.57. The molecular formula is C12H15ClN2O3S. The third-order valence-electron chi connectivity index (χ3n) is 3.16. The summed E-state index contributed by atoms with van der Waals surface area (Å²) < 4.78 is 26.2. The lowest BCUT2D eigenvalue weighted by Gasteiger charge is -2.26. The summed E-state index contributed by atoms with van der Waals surface area (Å²) in [6, 6.07) is 4.03. The summed E-state index contributed by atoms with van der Waals surface area (Å²) in [6.45, 7) is 1.02. The molecule has 0 bridgehead atoms. The quantitative estimate of drug-likeness (QED) is 0.921. The Balaban J connectivity index is 2.40. The van der Waals surface area contributed by atoms with Gasteiger partial charge in [-0.2, -0.15) is 4.31 Å². The number of sulfonamides is 1. The molecule has 2 rings (SSSR count). The van der Waals surface area contributed by atoms with E-state index < -0.39 is 15.9 Å². The molecule has 5 nitrogen and oxygen atoms in total. The molecule has 0 radical (unpaired) electrons. The van der Waals surface area contributed by atoms with Crippen molar-refractivity contribution in [2.75, 3.05) is 13.1 Å². The van der Waals surface area contributed by atoms with Crippen molar-refractivity contribution in [1.82, 2.24) is 4.31 Å². The summed E-state index contributed by atoms with van der Waals surface area (Å²) in [5, 5.41) is 0.157. The summed E-state index contributed by atoms with van der Waals surface area (Å²) >= 11 is 5.82. The maximum absolute atomic E-state index is 12.4. The number of benzene rings is 1. The highest BCUT2D eigenvalue weighted by Crippen LogP contribution is 2.24. The van der Waals surface area contributed by atoms with Crippen LogP contribution in [0.1, 0.15) is 29.6 Å². The minimum absolute atomic E-state index is 0.0275. The van der Waals surface area contributed by atoms with Gasteiger partial charge >= 0.3 is 0 Å². The number of primary amides is 1. The van der Waals surface area contributed by atoms with Gasteiger partial charge in [-0.25, -0.2) is 8.42 Å². The van der Waals surface area contributed by atoms with Crippen LogP contribution in [-0.2, 0) is 10.0 Å². The average molecular weight is 303 g/mol. The Morgan fingerprint density at radius 1 is 1.21 bits per heavy atom. The monoisotopic (exact) mass is 302 g/mol. The predicted molar refractivity (Wildman–Crippen MR) is 72.6 cm³/mol. The van der Waals surface area contributed by atoms with Gasteiger partial charge in [0.05, 0.1) is 15.5 Å². The molecule has 7 heteroatoms. The van der Waals surface area contributed by atoms with Gasteiger partial charge in [0, 0.05) is 13.1 Å². The normalized spacial score (nSPS) is 17.3. The lowest BCUT2D eigenvalue weighted by Crippen LogP contribution is -2.35. The number of amides is 1. The van der Waals surface area contributed by atoms with Gasteiger partial charge in [0.15, 0.2) is 0 Å². The molecule has 1 aromatic carbocycles. The van der Waals surface area contributed by atoms with Crippen molar-refractivity contribution in [3.05, 3.63) is 28.8 Å². The fourth-order valence-corrected chi connectivity index (χ4v) is 3.86. The molecule has 1 fully saturated rings. The smallest absolute Gasteiger partial charge is 0.250 e. The Hall–Kier alpha value is -1.11. The van der Waals surface area contributed by atoms with E-state index in [1.54, 1.807) is 0 Å². The van der Waals surface area contributed by atoms with E-state index >= 15 is 0 Å². The van der Waals surface area contributed by atoms with E-state index in [0.717, 1.165) is 19.3 Å². The van der Waals surface area contributed by atoms with Crippen LogP contribution >= 0.6 is 11.6 Å². The van der Waals surface area contributed by atoms with E-state index in [2.05, 4.69) is 0 Å². The van der Waals surface area contributed by atoms with Crippen LogP contribution in [0.5, 0.6) is 0 Å².